The molecule has 0 saturated carbocycles. The van der Waals surface area contributed by atoms with E-state index in [0.29, 0.717) is 24.6 Å². The summed E-state index contributed by atoms with van der Waals surface area (Å²) in [7, 11) is 0. The van der Waals surface area contributed by atoms with Gasteiger partial charge in [-0.15, -0.1) is 10.2 Å². The van der Waals surface area contributed by atoms with Crippen LogP contribution >= 0.6 is 0 Å². The molecule has 27 heavy (non-hydrogen) atoms. The lowest BCUT2D eigenvalue weighted by atomic mass is 10.1. The van der Waals surface area contributed by atoms with E-state index < -0.39 is 6.10 Å². The predicted molar refractivity (Wildman–Crippen MR) is 105 cm³/mol. The molecule has 1 aromatic carbocycles. The lowest BCUT2D eigenvalue weighted by Crippen LogP contribution is -2.38. The molecule has 0 bridgehead atoms. The lowest BCUT2D eigenvalue weighted by Gasteiger charge is -2.14. The van der Waals surface area contributed by atoms with E-state index in [1.165, 1.54) is 0 Å². The van der Waals surface area contributed by atoms with Crippen molar-refractivity contribution in [2.45, 2.75) is 39.7 Å². The van der Waals surface area contributed by atoms with Gasteiger partial charge in [0.05, 0.1) is 11.0 Å². The Bertz CT molecular complexity index is 936. The molecule has 2 heterocycles. The van der Waals surface area contributed by atoms with Crippen LogP contribution in [-0.4, -0.2) is 49.8 Å². The summed E-state index contributed by atoms with van der Waals surface area (Å²) in [4.78, 5) is 16.4. The molecule has 0 saturated heterocycles. The Morgan fingerprint density at radius 3 is 2.70 bits per heavy atom. The summed E-state index contributed by atoms with van der Waals surface area (Å²) in [6, 6.07) is 7.90. The molecule has 8 nitrogen and oxygen atoms in total. The van der Waals surface area contributed by atoms with Crippen LogP contribution in [0.5, 0.6) is 0 Å². The fourth-order valence-corrected chi connectivity index (χ4v) is 2.92. The van der Waals surface area contributed by atoms with E-state index in [4.69, 9.17) is 0 Å². The van der Waals surface area contributed by atoms with Gasteiger partial charge < -0.3 is 15.7 Å². The average Bonchev–Trinajstić information content (AvgIpc) is 3.05. The van der Waals surface area contributed by atoms with Gasteiger partial charge in [-0.05, 0) is 37.8 Å². The summed E-state index contributed by atoms with van der Waals surface area (Å²) in [6.07, 6.45) is 0.708. The number of unbranched alkanes of at least 4 members (excludes halogenated alkanes) is 1. The van der Waals surface area contributed by atoms with Crippen molar-refractivity contribution in [3.63, 3.8) is 0 Å². The molecule has 144 valence electrons. The van der Waals surface area contributed by atoms with Crippen LogP contribution in [0, 0.1) is 12.8 Å². The molecule has 0 aliphatic heterocycles. The van der Waals surface area contributed by atoms with Gasteiger partial charge in [0.1, 0.15) is 11.9 Å². The largest absolute Gasteiger partial charge is 0.383 e. The second kappa shape index (κ2) is 8.30. The third kappa shape index (κ3) is 4.16. The number of fused-ring (bicyclic) bond motifs is 3. The van der Waals surface area contributed by atoms with Crippen LogP contribution in [0.3, 0.4) is 0 Å². The normalized spacial score (nSPS) is 12.6. The van der Waals surface area contributed by atoms with Crippen molar-refractivity contribution in [2.24, 2.45) is 5.92 Å². The number of nitrogens with one attached hydrogen (secondary N) is 2. The van der Waals surface area contributed by atoms with Crippen LogP contribution in [0.1, 0.15) is 32.5 Å². The zero-order chi connectivity index (χ0) is 19.4. The van der Waals surface area contributed by atoms with Gasteiger partial charge in [0.25, 0.3) is 0 Å². The average molecular weight is 370 g/mol. The van der Waals surface area contributed by atoms with E-state index in [-0.39, 0.29) is 11.8 Å². The maximum absolute atomic E-state index is 11.7. The number of aliphatic hydroxyl groups excluding tert-OH is 1. The minimum absolute atomic E-state index is 0.0836. The summed E-state index contributed by atoms with van der Waals surface area (Å²) in [5.41, 5.74) is 2.57. The van der Waals surface area contributed by atoms with Gasteiger partial charge >= 0.3 is 0 Å². The molecule has 0 aliphatic carbocycles. The highest BCUT2D eigenvalue weighted by Gasteiger charge is 2.17. The number of anilines is 1. The number of benzene rings is 1. The number of hydrogen-bond donors (Lipinski definition) is 3. The number of hydrogen-bond acceptors (Lipinski definition) is 6. The van der Waals surface area contributed by atoms with Crippen molar-refractivity contribution in [3.8, 4) is 0 Å². The standard InChI is InChI=1S/C19H26N6O2/c1-12(2)16(26)19(27)21-11-7-6-10-20-17-18-24-23-13(3)25(18)15-9-5-4-8-14(15)22-17/h4-5,8-9,12,16,26H,6-7,10-11H2,1-3H3,(H,20,22)(H,21,27). The predicted octanol–water partition coefficient (Wildman–Crippen LogP) is 1.91. The van der Waals surface area contributed by atoms with Crippen molar-refractivity contribution in [3.05, 3.63) is 30.1 Å². The van der Waals surface area contributed by atoms with Crippen LogP contribution in [0.15, 0.2) is 24.3 Å². The smallest absolute Gasteiger partial charge is 0.249 e. The third-order valence-electron chi connectivity index (χ3n) is 4.49. The molecule has 3 rings (SSSR count). The maximum Gasteiger partial charge on any atom is 0.249 e. The fraction of sp³-hybridized carbons (Fsp3) is 0.474. The monoisotopic (exact) mass is 370 g/mol. The molecule has 2 aromatic heterocycles. The molecule has 0 aliphatic rings. The number of aryl methyl sites for hydroxylation is 1. The van der Waals surface area contributed by atoms with E-state index in [9.17, 15) is 9.90 Å². The molecule has 0 radical (unpaired) electrons. The summed E-state index contributed by atoms with van der Waals surface area (Å²) in [5, 5.41) is 24.2. The molecule has 0 fully saturated rings. The molecule has 1 unspecified atom stereocenters. The second-order valence-electron chi connectivity index (χ2n) is 6.97. The van der Waals surface area contributed by atoms with E-state index in [1.54, 1.807) is 0 Å². The van der Waals surface area contributed by atoms with Gasteiger partial charge in [0, 0.05) is 13.1 Å². The van der Waals surface area contributed by atoms with Crippen molar-refractivity contribution in [1.29, 1.82) is 0 Å². The molecular formula is C19H26N6O2. The summed E-state index contributed by atoms with van der Waals surface area (Å²) in [5.74, 6) is 1.13. The van der Waals surface area contributed by atoms with Crippen LogP contribution in [0.25, 0.3) is 16.7 Å². The molecule has 3 N–H and O–H groups in total. The van der Waals surface area contributed by atoms with Gasteiger partial charge in [-0.3, -0.25) is 9.20 Å². The van der Waals surface area contributed by atoms with Gasteiger partial charge in [-0.25, -0.2) is 4.98 Å². The highest BCUT2D eigenvalue weighted by atomic mass is 16.3. The fourth-order valence-electron chi connectivity index (χ4n) is 2.92. The first-order valence-corrected chi connectivity index (χ1v) is 9.29. The zero-order valence-electron chi connectivity index (χ0n) is 15.9. The minimum atomic E-state index is -0.950. The molecule has 1 amide bonds. The van der Waals surface area contributed by atoms with Gasteiger partial charge in [-0.2, -0.15) is 0 Å². The molecule has 0 spiro atoms. The first-order chi connectivity index (χ1) is 13.0. The summed E-state index contributed by atoms with van der Waals surface area (Å²) >= 11 is 0. The lowest BCUT2D eigenvalue weighted by molar-refractivity contribution is -0.131. The van der Waals surface area contributed by atoms with Crippen LogP contribution in [0.4, 0.5) is 5.82 Å². The maximum atomic E-state index is 11.7. The topological polar surface area (TPSA) is 104 Å². The van der Waals surface area contributed by atoms with Crippen molar-refractivity contribution in [1.82, 2.24) is 24.9 Å². The van der Waals surface area contributed by atoms with Crippen molar-refractivity contribution < 1.29 is 9.90 Å². The number of para-hydroxylation sites is 2. The van der Waals surface area contributed by atoms with Crippen LogP contribution in [-0.2, 0) is 4.79 Å². The van der Waals surface area contributed by atoms with E-state index in [0.717, 1.165) is 29.7 Å². The number of carbonyl (C=O) groups is 1. The van der Waals surface area contributed by atoms with Crippen molar-refractivity contribution >= 4 is 28.4 Å². The zero-order valence-corrected chi connectivity index (χ0v) is 15.9. The van der Waals surface area contributed by atoms with E-state index in [1.807, 2.05) is 49.4 Å². The highest BCUT2D eigenvalue weighted by molar-refractivity contribution is 5.83. The Morgan fingerprint density at radius 1 is 1.19 bits per heavy atom. The number of aliphatic hydroxyl groups is 1. The molecule has 3 aromatic rings. The first-order valence-electron chi connectivity index (χ1n) is 9.29. The number of rotatable bonds is 8. The minimum Gasteiger partial charge on any atom is -0.383 e. The number of nitrogens with zero attached hydrogens (tertiary/aromatic N) is 4. The number of aromatic nitrogens is 4. The third-order valence-corrected chi connectivity index (χ3v) is 4.49. The molecule has 1 atom stereocenters. The number of carbonyl (C=O) groups excluding carboxylic acids is 1. The van der Waals surface area contributed by atoms with E-state index in [2.05, 4.69) is 25.8 Å². The Morgan fingerprint density at radius 2 is 1.93 bits per heavy atom. The Labute approximate surface area is 158 Å². The SMILES string of the molecule is Cc1nnc2c(NCCCCNC(=O)C(O)C(C)C)nc3ccccc3n12. The van der Waals surface area contributed by atoms with E-state index >= 15 is 0 Å². The molecule has 8 heteroatoms. The summed E-state index contributed by atoms with van der Waals surface area (Å²) in [6.45, 7) is 6.80. The van der Waals surface area contributed by atoms with Crippen LogP contribution in [0.2, 0.25) is 0 Å². The first kappa shape index (κ1) is 19.0. The highest BCUT2D eigenvalue weighted by Crippen LogP contribution is 2.21. The Hall–Kier alpha value is -2.74. The Balaban J connectivity index is 1.57. The van der Waals surface area contributed by atoms with Gasteiger partial charge in [-0.1, -0.05) is 26.0 Å². The number of amides is 1. The summed E-state index contributed by atoms with van der Waals surface area (Å²) < 4.78 is 2.00. The van der Waals surface area contributed by atoms with Crippen molar-refractivity contribution in [2.75, 3.05) is 18.4 Å². The van der Waals surface area contributed by atoms with Gasteiger partial charge in [0.15, 0.2) is 5.82 Å². The Kier molecular flexibility index (Phi) is 5.85. The molecular weight excluding hydrogens is 344 g/mol. The quantitative estimate of drug-likeness (QED) is 0.523. The van der Waals surface area contributed by atoms with Gasteiger partial charge in [0.2, 0.25) is 11.6 Å². The van der Waals surface area contributed by atoms with Crippen LogP contribution < -0.4 is 10.6 Å². The second-order valence-corrected chi connectivity index (χ2v) is 6.97.